The van der Waals surface area contributed by atoms with Gasteiger partial charge in [0.15, 0.2) is 0 Å². The van der Waals surface area contributed by atoms with Gasteiger partial charge in [-0.3, -0.25) is 0 Å². The lowest BCUT2D eigenvalue weighted by Gasteiger charge is -2.15. The van der Waals surface area contributed by atoms with Gasteiger partial charge in [-0.25, -0.2) is 0 Å². The topological polar surface area (TPSA) is 3.24 Å². The average Bonchev–Trinajstić information content (AvgIpc) is 1.94. The summed E-state index contributed by atoms with van der Waals surface area (Å²) in [7, 11) is 4.14. The Hall–Kier alpha value is -0.690. The average molecular weight is 186 g/mol. The van der Waals surface area contributed by atoms with Crippen molar-refractivity contribution in [3.05, 3.63) is 29.3 Å². The van der Waals surface area contributed by atoms with E-state index in [0.29, 0.717) is 0 Å². The fourth-order valence-corrected chi connectivity index (χ4v) is 1.20. The van der Waals surface area contributed by atoms with Gasteiger partial charge in [0.1, 0.15) is 0 Å². The van der Waals surface area contributed by atoms with Crippen molar-refractivity contribution < 1.29 is 0 Å². The number of aryl methyl sites for hydroxylation is 2. The molecule has 12 heavy (non-hydrogen) atoms. The van der Waals surface area contributed by atoms with E-state index < -0.39 is 0 Å². The summed E-state index contributed by atoms with van der Waals surface area (Å²) in [6.07, 6.45) is 0. The number of hydrogen-bond acceptors (Lipinski definition) is 1. The summed E-state index contributed by atoms with van der Waals surface area (Å²) in [5, 5.41) is 0. The van der Waals surface area contributed by atoms with Crippen LogP contribution in [-0.2, 0) is 0 Å². The molecular weight excluding hydrogens is 170 g/mol. The monoisotopic (exact) mass is 185 g/mol. The number of nitrogens with zero attached hydrogens (tertiary/aromatic N) is 1. The van der Waals surface area contributed by atoms with Crippen LogP contribution in [0, 0.1) is 13.8 Å². The maximum Gasteiger partial charge on any atom is 0.0393 e. The van der Waals surface area contributed by atoms with Crippen LogP contribution in [-0.4, -0.2) is 14.1 Å². The fourth-order valence-electron chi connectivity index (χ4n) is 1.20. The predicted molar refractivity (Wildman–Crippen MR) is 57.5 cm³/mol. The number of anilines is 1. The number of hydrogen-bond donors (Lipinski definition) is 0. The Morgan fingerprint density at radius 3 is 2.08 bits per heavy atom. The second-order valence-corrected chi connectivity index (χ2v) is 3.18. The molecule has 1 aromatic rings. The molecule has 0 saturated carbocycles. The zero-order valence-electron chi connectivity index (χ0n) is 8.09. The van der Waals surface area contributed by atoms with E-state index in [1.807, 2.05) is 0 Å². The maximum atomic E-state index is 2.20. The third kappa shape index (κ3) is 2.42. The van der Waals surface area contributed by atoms with Crippen LogP contribution in [0.2, 0.25) is 0 Å². The molecule has 1 nitrogen and oxygen atoms in total. The Labute approximate surface area is 80.8 Å². The third-order valence-electron chi connectivity index (χ3n) is 1.85. The van der Waals surface area contributed by atoms with Gasteiger partial charge >= 0.3 is 0 Å². The minimum absolute atomic E-state index is 0. The second kappa shape index (κ2) is 4.36. The first-order valence-corrected chi connectivity index (χ1v) is 3.86. The minimum atomic E-state index is 0. The summed E-state index contributed by atoms with van der Waals surface area (Å²) in [4.78, 5) is 2.14. The summed E-state index contributed by atoms with van der Waals surface area (Å²) < 4.78 is 0. The van der Waals surface area contributed by atoms with Crippen molar-refractivity contribution in [2.75, 3.05) is 19.0 Å². The molecule has 1 aromatic carbocycles. The number of benzene rings is 1. The molecule has 0 saturated heterocycles. The van der Waals surface area contributed by atoms with E-state index in [1.54, 1.807) is 0 Å². The molecule has 0 amide bonds. The molecule has 2 heteroatoms. The van der Waals surface area contributed by atoms with E-state index in [1.165, 1.54) is 16.8 Å². The molecule has 0 aromatic heterocycles. The van der Waals surface area contributed by atoms with Crippen molar-refractivity contribution in [1.82, 2.24) is 0 Å². The van der Waals surface area contributed by atoms with Crippen LogP contribution < -0.4 is 4.90 Å². The zero-order chi connectivity index (χ0) is 8.43. The first kappa shape index (κ1) is 11.3. The lowest BCUT2D eigenvalue weighted by molar-refractivity contribution is 1.11. The van der Waals surface area contributed by atoms with Gasteiger partial charge in [0, 0.05) is 19.8 Å². The minimum Gasteiger partial charge on any atom is -0.377 e. The van der Waals surface area contributed by atoms with Gasteiger partial charge in [-0.2, -0.15) is 0 Å². The molecular formula is C10H16ClN. The quantitative estimate of drug-likeness (QED) is 0.651. The molecule has 0 aliphatic rings. The molecule has 0 spiro atoms. The van der Waals surface area contributed by atoms with Crippen LogP contribution >= 0.6 is 12.4 Å². The Morgan fingerprint density at radius 1 is 1.08 bits per heavy atom. The van der Waals surface area contributed by atoms with Crippen molar-refractivity contribution in [2.45, 2.75) is 13.8 Å². The lowest BCUT2D eigenvalue weighted by atomic mass is 10.1. The van der Waals surface area contributed by atoms with Crippen LogP contribution in [0.1, 0.15) is 11.1 Å². The van der Waals surface area contributed by atoms with Crippen LogP contribution in [0.5, 0.6) is 0 Å². The molecule has 0 heterocycles. The molecule has 0 radical (unpaired) electrons. The summed E-state index contributed by atoms with van der Waals surface area (Å²) in [6.45, 7) is 4.25. The van der Waals surface area contributed by atoms with Crippen LogP contribution in [0.3, 0.4) is 0 Å². The van der Waals surface area contributed by atoms with Crippen molar-refractivity contribution in [3.8, 4) is 0 Å². The molecule has 0 aliphatic carbocycles. The Kier molecular flexibility index (Phi) is 4.11. The summed E-state index contributed by atoms with van der Waals surface area (Å²) >= 11 is 0. The largest absolute Gasteiger partial charge is 0.377 e. The zero-order valence-corrected chi connectivity index (χ0v) is 8.90. The van der Waals surface area contributed by atoms with E-state index in [-0.39, 0.29) is 12.4 Å². The first-order chi connectivity index (χ1) is 5.11. The Balaban J connectivity index is 0.00000121. The maximum absolute atomic E-state index is 2.20. The normalized spacial score (nSPS) is 9.00. The van der Waals surface area contributed by atoms with E-state index in [0.717, 1.165) is 0 Å². The second-order valence-electron chi connectivity index (χ2n) is 3.18. The molecule has 0 atom stereocenters. The van der Waals surface area contributed by atoms with Crippen molar-refractivity contribution in [3.63, 3.8) is 0 Å². The predicted octanol–water partition coefficient (Wildman–Crippen LogP) is 2.79. The highest BCUT2D eigenvalue weighted by atomic mass is 35.5. The van der Waals surface area contributed by atoms with Crippen LogP contribution in [0.15, 0.2) is 18.2 Å². The van der Waals surface area contributed by atoms with Gasteiger partial charge in [0.25, 0.3) is 0 Å². The summed E-state index contributed by atoms with van der Waals surface area (Å²) in [6, 6.07) is 6.50. The third-order valence-corrected chi connectivity index (χ3v) is 1.85. The highest BCUT2D eigenvalue weighted by Gasteiger charge is 1.98. The smallest absolute Gasteiger partial charge is 0.0393 e. The molecule has 0 unspecified atom stereocenters. The molecule has 0 aliphatic heterocycles. The number of rotatable bonds is 1. The standard InChI is InChI=1S/C10H15N.ClH/c1-8-5-6-9(2)10(7-8)11(3)4;/h5-7H,1-4H3;1H. The fraction of sp³-hybridized carbons (Fsp3) is 0.400. The van der Waals surface area contributed by atoms with E-state index in [4.69, 9.17) is 0 Å². The molecule has 0 fully saturated rings. The van der Waals surface area contributed by atoms with E-state index in [9.17, 15) is 0 Å². The molecule has 68 valence electrons. The van der Waals surface area contributed by atoms with E-state index >= 15 is 0 Å². The number of halogens is 1. The summed E-state index contributed by atoms with van der Waals surface area (Å²) in [5.41, 5.74) is 3.96. The van der Waals surface area contributed by atoms with Gasteiger partial charge in [0.05, 0.1) is 0 Å². The van der Waals surface area contributed by atoms with Crippen molar-refractivity contribution in [1.29, 1.82) is 0 Å². The SMILES string of the molecule is Cc1ccc(C)c(N(C)C)c1.Cl. The van der Waals surface area contributed by atoms with Gasteiger partial charge in [-0.1, -0.05) is 12.1 Å². The Morgan fingerprint density at radius 2 is 1.67 bits per heavy atom. The van der Waals surface area contributed by atoms with Gasteiger partial charge in [0.2, 0.25) is 0 Å². The van der Waals surface area contributed by atoms with Gasteiger partial charge < -0.3 is 4.90 Å². The van der Waals surface area contributed by atoms with Crippen LogP contribution in [0.25, 0.3) is 0 Å². The lowest BCUT2D eigenvalue weighted by Crippen LogP contribution is -2.10. The molecule has 0 bridgehead atoms. The van der Waals surface area contributed by atoms with Crippen molar-refractivity contribution in [2.24, 2.45) is 0 Å². The highest BCUT2D eigenvalue weighted by molar-refractivity contribution is 5.85. The van der Waals surface area contributed by atoms with E-state index in [2.05, 4.69) is 51.0 Å². The molecule has 1 rings (SSSR count). The van der Waals surface area contributed by atoms with Crippen molar-refractivity contribution >= 4 is 18.1 Å². The van der Waals surface area contributed by atoms with Gasteiger partial charge in [-0.15, -0.1) is 12.4 Å². The van der Waals surface area contributed by atoms with Gasteiger partial charge in [-0.05, 0) is 31.0 Å². The Bertz CT molecular complexity index is 256. The molecule has 0 N–H and O–H groups in total. The first-order valence-electron chi connectivity index (χ1n) is 3.86. The highest BCUT2D eigenvalue weighted by Crippen LogP contribution is 2.18. The summed E-state index contributed by atoms with van der Waals surface area (Å²) in [5.74, 6) is 0. The van der Waals surface area contributed by atoms with Crippen LogP contribution in [0.4, 0.5) is 5.69 Å².